The lowest BCUT2D eigenvalue weighted by Crippen LogP contribution is -2.14. The van der Waals surface area contributed by atoms with Gasteiger partial charge in [0, 0.05) is 11.3 Å². The number of carbonyl (C=O) groups excluding carboxylic acids is 1. The van der Waals surface area contributed by atoms with E-state index < -0.39 is 21.8 Å². The molecule has 0 spiro atoms. The molecule has 1 aromatic heterocycles. The first-order chi connectivity index (χ1) is 16.3. The summed E-state index contributed by atoms with van der Waals surface area (Å²) in [5, 5.41) is 0. The van der Waals surface area contributed by atoms with Crippen molar-refractivity contribution in [3.8, 4) is 17.2 Å². The summed E-state index contributed by atoms with van der Waals surface area (Å²) in [4.78, 5) is 16.6. The Kier molecular flexibility index (Phi) is 6.60. The number of oxazole rings is 1. The molecule has 0 fully saturated rings. The number of esters is 1. The van der Waals surface area contributed by atoms with Gasteiger partial charge in [0.25, 0.3) is 10.0 Å². The highest BCUT2D eigenvalue weighted by atomic mass is 32.2. The Hall–Kier alpha value is -4.18. The predicted molar refractivity (Wildman–Crippen MR) is 121 cm³/mol. The van der Waals surface area contributed by atoms with Crippen molar-refractivity contribution < 1.29 is 31.5 Å². The molecule has 8 nitrogen and oxygen atoms in total. The number of nitrogens with zero attached hydrogens (tertiary/aromatic N) is 1. The first-order valence-electron chi connectivity index (χ1n) is 9.98. The van der Waals surface area contributed by atoms with E-state index in [4.69, 9.17) is 13.9 Å². The van der Waals surface area contributed by atoms with E-state index in [0.717, 1.165) is 17.7 Å². The van der Waals surface area contributed by atoms with Gasteiger partial charge in [0.2, 0.25) is 5.89 Å². The topological polar surface area (TPSA) is 108 Å². The van der Waals surface area contributed by atoms with Crippen LogP contribution in [0.5, 0.6) is 5.75 Å². The van der Waals surface area contributed by atoms with Crippen LogP contribution in [0.25, 0.3) is 11.5 Å². The first kappa shape index (κ1) is 23.0. The maximum Gasteiger partial charge on any atom is 0.338 e. The number of hydrogen-bond donors (Lipinski definition) is 1. The molecule has 0 saturated carbocycles. The van der Waals surface area contributed by atoms with Crippen LogP contribution in [0.1, 0.15) is 16.1 Å². The number of nitrogens with one attached hydrogen (secondary N) is 1. The monoisotopic (exact) mass is 482 g/mol. The molecule has 0 unspecified atom stereocenters. The average molecular weight is 482 g/mol. The summed E-state index contributed by atoms with van der Waals surface area (Å²) in [6.07, 6.45) is 1.38. The molecule has 0 aliphatic heterocycles. The number of rotatable bonds is 8. The lowest BCUT2D eigenvalue weighted by atomic mass is 10.2. The van der Waals surface area contributed by atoms with Crippen molar-refractivity contribution in [2.75, 3.05) is 11.8 Å². The van der Waals surface area contributed by atoms with Gasteiger partial charge in [0.15, 0.2) is 0 Å². The van der Waals surface area contributed by atoms with Gasteiger partial charge in [0.05, 0.1) is 17.6 Å². The van der Waals surface area contributed by atoms with Gasteiger partial charge in [-0.05, 0) is 66.7 Å². The molecule has 4 rings (SSSR count). The third-order valence-electron chi connectivity index (χ3n) is 4.72. The Morgan fingerprint density at radius 1 is 1.06 bits per heavy atom. The summed E-state index contributed by atoms with van der Waals surface area (Å²) in [6, 6.07) is 17.4. The maximum absolute atomic E-state index is 13.1. The number of anilines is 1. The van der Waals surface area contributed by atoms with Crippen molar-refractivity contribution in [3.63, 3.8) is 0 Å². The lowest BCUT2D eigenvalue weighted by Gasteiger charge is -2.09. The molecule has 0 atom stereocenters. The van der Waals surface area contributed by atoms with E-state index in [1.807, 2.05) is 0 Å². The van der Waals surface area contributed by atoms with E-state index in [1.54, 1.807) is 31.4 Å². The zero-order chi connectivity index (χ0) is 24.1. The number of carbonyl (C=O) groups is 1. The molecule has 0 bridgehead atoms. The largest absolute Gasteiger partial charge is 0.497 e. The Morgan fingerprint density at radius 2 is 1.79 bits per heavy atom. The highest BCUT2D eigenvalue weighted by Crippen LogP contribution is 2.22. The second-order valence-corrected chi connectivity index (χ2v) is 8.77. The minimum Gasteiger partial charge on any atom is -0.497 e. The molecule has 174 valence electrons. The lowest BCUT2D eigenvalue weighted by molar-refractivity contribution is 0.0467. The van der Waals surface area contributed by atoms with Gasteiger partial charge >= 0.3 is 5.97 Å². The second-order valence-electron chi connectivity index (χ2n) is 7.09. The van der Waals surface area contributed by atoms with Crippen LogP contribution in [0, 0.1) is 5.82 Å². The van der Waals surface area contributed by atoms with Crippen molar-refractivity contribution in [2.45, 2.75) is 11.5 Å². The van der Waals surface area contributed by atoms with Crippen molar-refractivity contribution >= 4 is 21.7 Å². The van der Waals surface area contributed by atoms with Crippen LogP contribution in [-0.4, -0.2) is 26.5 Å². The van der Waals surface area contributed by atoms with Crippen molar-refractivity contribution in [1.29, 1.82) is 0 Å². The van der Waals surface area contributed by atoms with Crippen LogP contribution in [0.3, 0.4) is 0 Å². The van der Waals surface area contributed by atoms with E-state index >= 15 is 0 Å². The second kappa shape index (κ2) is 9.75. The number of methoxy groups -OCH3 is 1. The predicted octanol–water partition coefficient (Wildman–Crippen LogP) is 4.65. The minimum absolute atomic E-state index is 0.0425. The molecular formula is C24H19FN2O6S. The van der Waals surface area contributed by atoms with Crippen LogP contribution in [-0.2, 0) is 21.4 Å². The summed E-state index contributed by atoms with van der Waals surface area (Å²) < 4.78 is 56.5. The summed E-state index contributed by atoms with van der Waals surface area (Å²) in [7, 11) is -2.43. The Bertz CT molecular complexity index is 1400. The third-order valence-corrected chi connectivity index (χ3v) is 6.10. The van der Waals surface area contributed by atoms with Gasteiger partial charge in [-0.2, -0.15) is 0 Å². The van der Waals surface area contributed by atoms with Crippen LogP contribution >= 0.6 is 0 Å². The van der Waals surface area contributed by atoms with Crippen molar-refractivity contribution in [3.05, 3.63) is 96.1 Å². The van der Waals surface area contributed by atoms with E-state index in [2.05, 4.69) is 9.71 Å². The average Bonchev–Trinajstić information content (AvgIpc) is 3.33. The van der Waals surface area contributed by atoms with Gasteiger partial charge < -0.3 is 13.9 Å². The quantitative estimate of drug-likeness (QED) is 0.364. The molecule has 1 heterocycles. The van der Waals surface area contributed by atoms with Crippen LogP contribution in [0.15, 0.2) is 88.4 Å². The normalized spacial score (nSPS) is 11.1. The Balaban J connectivity index is 1.41. The fourth-order valence-electron chi connectivity index (χ4n) is 2.98. The van der Waals surface area contributed by atoms with E-state index in [0.29, 0.717) is 17.3 Å². The number of hydrogen-bond acceptors (Lipinski definition) is 7. The number of aromatic nitrogens is 1. The van der Waals surface area contributed by atoms with Crippen LogP contribution in [0.4, 0.5) is 10.1 Å². The number of ether oxygens (including phenoxy) is 2. The number of halogens is 1. The number of benzene rings is 3. The highest BCUT2D eigenvalue weighted by Gasteiger charge is 2.18. The minimum atomic E-state index is -4.00. The molecule has 0 aliphatic carbocycles. The molecule has 10 heteroatoms. The molecule has 0 aliphatic rings. The van der Waals surface area contributed by atoms with E-state index in [1.165, 1.54) is 42.7 Å². The molecule has 0 amide bonds. The standard InChI is InChI=1S/C24H19FN2O6S/c1-31-21-11-5-16(6-12-21)23-26-20(14-32-23)15-33-24(28)17-3-2-4-22(13-17)34(29,30)27-19-9-7-18(25)8-10-19/h2-14,27H,15H2,1H3. The summed E-state index contributed by atoms with van der Waals surface area (Å²) >= 11 is 0. The fourth-order valence-corrected chi connectivity index (χ4v) is 4.09. The van der Waals surface area contributed by atoms with E-state index in [9.17, 15) is 17.6 Å². The van der Waals surface area contributed by atoms with Crippen molar-refractivity contribution in [2.24, 2.45) is 0 Å². The van der Waals surface area contributed by atoms with Crippen LogP contribution in [0.2, 0.25) is 0 Å². The van der Waals surface area contributed by atoms with Gasteiger partial charge in [-0.1, -0.05) is 6.07 Å². The molecule has 0 saturated heterocycles. The Labute approximate surface area is 195 Å². The fraction of sp³-hybridized carbons (Fsp3) is 0.0833. The Morgan fingerprint density at radius 3 is 2.50 bits per heavy atom. The molecule has 3 aromatic carbocycles. The molecular weight excluding hydrogens is 463 g/mol. The SMILES string of the molecule is COc1ccc(-c2nc(COC(=O)c3cccc(S(=O)(=O)Nc4ccc(F)cc4)c3)co2)cc1. The molecule has 0 radical (unpaired) electrons. The van der Waals surface area contributed by atoms with Crippen molar-refractivity contribution in [1.82, 2.24) is 4.98 Å². The molecule has 4 aromatic rings. The summed E-state index contributed by atoms with van der Waals surface area (Å²) in [6.45, 7) is -0.163. The maximum atomic E-state index is 13.1. The van der Waals surface area contributed by atoms with Crippen LogP contribution < -0.4 is 9.46 Å². The third kappa shape index (κ3) is 5.41. The first-order valence-corrected chi connectivity index (χ1v) is 11.5. The molecule has 34 heavy (non-hydrogen) atoms. The van der Waals surface area contributed by atoms with Gasteiger partial charge in [0.1, 0.15) is 30.1 Å². The summed E-state index contributed by atoms with van der Waals surface area (Å²) in [5.74, 6) is -0.168. The van der Waals surface area contributed by atoms with E-state index in [-0.39, 0.29) is 22.8 Å². The zero-order valence-corrected chi connectivity index (χ0v) is 18.7. The van der Waals surface area contributed by atoms with Gasteiger partial charge in [-0.25, -0.2) is 22.6 Å². The van der Waals surface area contributed by atoms with Gasteiger partial charge in [-0.3, -0.25) is 4.72 Å². The zero-order valence-electron chi connectivity index (χ0n) is 17.9. The summed E-state index contributed by atoms with van der Waals surface area (Å²) in [5.41, 5.74) is 1.35. The number of sulfonamides is 1. The smallest absolute Gasteiger partial charge is 0.338 e. The van der Waals surface area contributed by atoms with Gasteiger partial charge in [-0.15, -0.1) is 0 Å². The molecule has 1 N–H and O–H groups in total. The highest BCUT2D eigenvalue weighted by molar-refractivity contribution is 7.92.